The summed E-state index contributed by atoms with van der Waals surface area (Å²) in [4.78, 5) is 0.223. The van der Waals surface area contributed by atoms with Crippen molar-refractivity contribution in [3.05, 3.63) is 11.4 Å². The van der Waals surface area contributed by atoms with E-state index >= 15 is 0 Å². The van der Waals surface area contributed by atoms with Crippen molar-refractivity contribution in [2.75, 3.05) is 6.54 Å². The Morgan fingerprint density at radius 3 is 2.32 bits per heavy atom. The number of hydrogen-bond acceptors (Lipinski definition) is 3. The van der Waals surface area contributed by atoms with Crippen molar-refractivity contribution in [3.63, 3.8) is 0 Å². The predicted octanol–water partition coefficient (Wildman–Crippen LogP) is 2.35. The van der Waals surface area contributed by atoms with Gasteiger partial charge in [0, 0.05) is 11.9 Å². The molecule has 110 valence electrons. The summed E-state index contributed by atoms with van der Waals surface area (Å²) in [5.74, 6) is 0.316. The highest BCUT2D eigenvalue weighted by Gasteiger charge is 2.24. The molecule has 0 radical (unpaired) electrons. The lowest BCUT2D eigenvalue weighted by molar-refractivity contribution is 0.460. The fourth-order valence-corrected chi connectivity index (χ4v) is 4.12. The first-order valence-electron chi connectivity index (χ1n) is 6.48. The molecule has 5 nitrogen and oxygen atoms in total. The Balaban J connectivity index is 2.77. The molecule has 1 unspecified atom stereocenters. The van der Waals surface area contributed by atoms with Crippen LogP contribution in [-0.4, -0.2) is 30.5 Å². The molecule has 1 aromatic rings. The zero-order valence-electron chi connectivity index (χ0n) is 11.8. The van der Waals surface area contributed by atoms with E-state index in [1.165, 1.54) is 0 Å². The standard InChI is InChI=1S/C12H22ClN3O2S/c1-5-10(6-2)11(13)7-14-19(17,18)12-8(3)15-16-9(12)4/h10-11,14H,5-7H2,1-4H3,(H,15,16). The van der Waals surface area contributed by atoms with E-state index < -0.39 is 10.0 Å². The maximum Gasteiger partial charge on any atom is 0.244 e. The number of halogens is 1. The van der Waals surface area contributed by atoms with Crippen LogP contribution in [0.25, 0.3) is 0 Å². The lowest BCUT2D eigenvalue weighted by Gasteiger charge is -2.19. The van der Waals surface area contributed by atoms with Crippen molar-refractivity contribution in [2.45, 2.75) is 50.8 Å². The minimum absolute atomic E-state index is 0.197. The SMILES string of the molecule is CCC(CC)C(Cl)CNS(=O)(=O)c1c(C)n[nH]c1C. The van der Waals surface area contributed by atoms with E-state index in [0.29, 0.717) is 17.3 Å². The molecular formula is C12H22ClN3O2S. The van der Waals surface area contributed by atoms with Gasteiger partial charge in [0.05, 0.1) is 11.4 Å². The van der Waals surface area contributed by atoms with E-state index in [0.717, 1.165) is 12.8 Å². The second-order valence-corrected chi connectivity index (χ2v) is 6.97. The van der Waals surface area contributed by atoms with Crippen molar-refractivity contribution < 1.29 is 8.42 Å². The van der Waals surface area contributed by atoms with Crippen LogP contribution in [-0.2, 0) is 10.0 Å². The molecule has 1 heterocycles. The Morgan fingerprint density at radius 1 is 1.32 bits per heavy atom. The summed E-state index contributed by atoms with van der Waals surface area (Å²) in [7, 11) is -3.55. The number of aromatic nitrogens is 2. The molecule has 0 amide bonds. The predicted molar refractivity (Wildman–Crippen MR) is 77.0 cm³/mol. The summed E-state index contributed by atoms with van der Waals surface area (Å²) in [5.41, 5.74) is 1.01. The number of hydrogen-bond donors (Lipinski definition) is 2. The van der Waals surface area contributed by atoms with E-state index in [9.17, 15) is 8.42 Å². The van der Waals surface area contributed by atoms with Crippen LogP contribution in [0.2, 0.25) is 0 Å². The summed E-state index contributed by atoms with van der Waals surface area (Å²) in [6.45, 7) is 7.70. The molecule has 7 heteroatoms. The first kappa shape index (κ1) is 16.5. The second-order valence-electron chi connectivity index (χ2n) is 4.71. The summed E-state index contributed by atoms with van der Waals surface area (Å²) >= 11 is 6.24. The third kappa shape index (κ3) is 3.94. The van der Waals surface area contributed by atoms with Gasteiger partial charge in [-0.3, -0.25) is 5.10 Å². The molecule has 1 rings (SSSR count). The van der Waals surface area contributed by atoms with Gasteiger partial charge in [0.25, 0.3) is 0 Å². The fourth-order valence-electron chi connectivity index (χ4n) is 2.16. The summed E-state index contributed by atoms with van der Waals surface area (Å²) < 4.78 is 27.0. The van der Waals surface area contributed by atoms with Crippen LogP contribution >= 0.6 is 11.6 Å². The van der Waals surface area contributed by atoms with Gasteiger partial charge in [0.15, 0.2) is 0 Å². The van der Waals surface area contributed by atoms with Crippen molar-refractivity contribution in [2.24, 2.45) is 5.92 Å². The average Bonchev–Trinajstić information content (AvgIpc) is 2.69. The van der Waals surface area contributed by atoms with Crippen molar-refractivity contribution in [3.8, 4) is 0 Å². The third-order valence-corrected chi connectivity index (χ3v) is 5.55. The molecule has 0 saturated carbocycles. The topological polar surface area (TPSA) is 74.8 Å². The monoisotopic (exact) mass is 307 g/mol. The van der Waals surface area contributed by atoms with E-state index in [2.05, 4.69) is 28.8 Å². The number of alkyl halides is 1. The lowest BCUT2D eigenvalue weighted by Crippen LogP contribution is -2.33. The number of aryl methyl sites for hydroxylation is 2. The Bertz CT molecular complexity index is 490. The van der Waals surface area contributed by atoms with Gasteiger partial charge in [-0.25, -0.2) is 13.1 Å². The number of H-pyrrole nitrogens is 1. The van der Waals surface area contributed by atoms with Crippen molar-refractivity contribution in [1.82, 2.24) is 14.9 Å². The number of aromatic amines is 1. The highest BCUT2D eigenvalue weighted by Crippen LogP contribution is 2.20. The molecule has 19 heavy (non-hydrogen) atoms. The van der Waals surface area contributed by atoms with Crippen LogP contribution in [0.1, 0.15) is 38.1 Å². The van der Waals surface area contributed by atoms with E-state index in [-0.39, 0.29) is 16.8 Å². The van der Waals surface area contributed by atoms with Gasteiger partial charge in [-0.15, -0.1) is 11.6 Å². The summed E-state index contributed by atoms with van der Waals surface area (Å²) in [6, 6.07) is 0. The van der Waals surface area contributed by atoms with E-state index in [4.69, 9.17) is 11.6 Å². The van der Waals surface area contributed by atoms with Gasteiger partial charge < -0.3 is 0 Å². The van der Waals surface area contributed by atoms with Crippen molar-refractivity contribution >= 4 is 21.6 Å². The maximum atomic E-state index is 12.2. The Kier molecular flexibility index (Phi) is 5.82. The maximum absolute atomic E-state index is 12.2. The highest BCUT2D eigenvalue weighted by molar-refractivity contribution is 7.89. The summed E-state index contributed by atoms with van der Waals surface area (Å²) in [6.07, 6.45) is 1.88. The molecule has 0 fully saturated rings. The lowest BCUT2D eigenvalue weighted by atomic mass is 9.99. The van der Waals surface area contributed by atoms with Crippen molar-refractivity contribution in [1.29, 1.82) is 0 Å². The molecule has 0 aliphatic heterocycles. The number of nitrogens with zero attached hydrogens (tertiary/aromatic N) is 1. The minimum atomic E-state index is -3.55. The smallest absolute Gasteiger partial charge is 0.244 e. The molecule has 1 atom stereocenters. The molecule has 0 aliphatic carbocycles. The third-order valence-electron chi connectivity index (χ3n) is 3.36. The Hall–Kier alpha value is -0.590. The molecule has 0 bridgehead atoms. The van der Waals surface area contributed by atoms with Crippen LogP contribution in [0.4, 0.5) is 0 Å². The first-order chi connectivity index (χ1) is 8.83. The van der Waals surface area contributed by atoms with Crippen LogP contribution in [0.15, 0.2) is 4.90 Å². The Morgan fingerprint density at radius 2 is 1.89 bits per heavy atom. The quantitative estimate of drug-likeness (QED) is 0.759. The first-order valence-corrected chi connectivity index (χ1v) is 8.40. The molecule has 1 aromatic heterocycles. The van der Waals surface area contributed by atoms with Crippen LogP contribution in [0.3, 0.4) is 0 Å². The zero-order valence-corrected chi connectivity index (χ0v) is 13.4. The fraction of sp³-hybridized carbons (Fsp3) is 0.750. The number of sulfonamides is 1. The second kappa shape index (κ2) is 6.72. The number of rotatable bonds is 7. The van der Waals surface area contributed by atoms with E-state index in [1.54, 1.807) is 13.8 Å². The largest absolute Gasteiger partial charge is 0.281 e. The molecule has 0 saturated heterocycles. The van der Waals surface area contributed by atoms with Gasteiger partial charge >= 0.3 is 0 Å². The van der Waals surface area contributed by atoms with Crippen LogP contribution in [0.5, 0.6) is 0 Å². The highest BCUT2D eigenvalue weighted by atomic mass is 35.5. The van der Waals surface area contributed by atoms with Crippen LogP contribution in [0, 0.1) is 19.8 Å². The minimum Gasteiger partial charge on any atom is -0.281 e. The molecule has 0 spiro atoms. The van der Waals surface area contributed by atoms with Crippen LogP contribution < -0.4 is 4.72 Å². The van der Waals surface area contributed by atoms with Gasteiger partial charge in [-0.1, -0.05) is 26.7 Å². The number of nitrogens with one attached hydrogen (secondary N) is 2. The molecular weight excluding hydrogens is 286 g/mol. The average molecular weight is 308 g/mol. The summed E-state index contributed by atoms with van der Waals surface area (Å²) in [5, 5.41) is 6.38. The van der Waals surface area contributed by atoms with E-state index in [1.807, 2.05) is 0 Å². The molecule has 2 N–H and O–H groups in total. The van der Waals surface area contributed by atoms with Gasteiger partial charge in [-0.05, 0) is 19.8 Å². The van der Waals surface area contributed by atoms with Gasteiger partial charge in [-0.2, -0.15) is 5.10 Å². The zero-order chi connectivity index (χ0) is 14.6. The molecule has 0 aliphatic rings. The van der Waals surface area contributed by atoms with Gasteiger partial charge in [0.2, 0.25) is 10.0 Å². The van der Waals surface area contributed by atoms with Gasteiger partial charge in [0.1, 0.15) is 4.90 Å². The molecule has 0 aromatic carbocycles. The Labute approximate surface area is 120 Å². The normalized spacial score (nSPS) is 14.0.